The third-order valence-corrected chi connectivity index (χ3v) is 4.21. The van der Waals surface area contributed by atoms with E-state index >= 15 is 0 Å². The molecular weight excluding hydrogens is 222 g/mol. The Balaban J connectivity index is 2.08. The Morgan fingerprint density at radius 3 is 2.61 bits per heavy atom. The van der Waals surface area contributed by atoms with Gasteiger partial charge in [-0.15, -0.1) is 0 Å². The van der Waals surface area contributed by atoms with Crippen LogP contribution in [-0.4, -0.2) is 59.8 Å². The minimum Gasteiger partial charge on any atom is -0.296 e. The fourth-order valence-corrected chi connectivity index (χ4v) is 2.97. The summed E-state index contributed by atoms with van der Waals surface area (Å²) in [6.07, 6.45) is 7.38. The third-order valence-electron chi connectivity index (χ3n) is 4.21. The first-order chi connectivity index (χ1) is 8.52. The number of rotatable bonds is 2. The molecule has 0 amide bonds. The Morgan fingerprint density at radius 1 is 1.28 bits per heavy atom. The van der Waals surface area contributed by atoms with Crippen LogP contribution in [0.4, 0.5) is 0 Å². The van der Waals surface area contributed by atoms with E-state index in [1.165, 1.54) is 13.1 Å². The van der Waals surface area contributed by atoms with Crippen molar-refractivity contribution in [3.8, 4) is 0 Å². The molecule has 2 aliphatic rings. The lowest BCUT2D eigenvalue weighted by atomic mass is 9.95. The van der Waals surface area contributed by atoms with Crippen LogP contribution in [0.3, 0.4) is 0 Å². The highest BCUT2D eigenvalue weighted by atomic mass is 15.3. The minimum absolute atomic E-state index is 0.270. The molecule has 0 aromatic rings. The van der Waals surface area contributed by atoms with Gasteiger partial charge in [0.05, 0.1) is 6.04 Å². The van der Waals surface area contributed by atoms with Crippen LogP contribution in [-0.2, 0) is 0 Å². The predicted molar refractivity (Wildman–Crippen MR) is 78.4 cm³/mol. The standard InChI is InChI=1S/C15H27N3/c1-5-17-10-11-18(15(2,3)4)12-14(17)13-8-6-7-9-16-13/h6-7,9,13-14H,5,8,10-12H2,1-4H3. The maximum absolute atomic E-state index is 4.69. The van der Waals surface area contributed by atoms with Crippen LogP contribution in [0.25, 0.3) is 0 Å². The van der Waals surface area contributed by atoms with Gasteiger partial charge in [0, 0.05) is 37.4 Å². The Hall–Kier alpha value is -0.670. The molecule has 0 spiro atoms. The van der Waals surface area contributed by atoms with E-state index in [4.69, 9.17) is 0 Å². The largest absolute Gasteiger partial charge is 0.296 e. The maximum atomic E-state index is 4.69. The molecule has 3 nitrogen and oxygen atoms in total. The summed E-state index contributed by atoms with van der Waals surface area (Å²) in [6.45, 7) is 13.9. The van der Waals surface area contributed by atoms with Gasteiger partial charge in [0.25, 0.3) is 0 Å². The Kier molecular flexibility index (Phi) is 4.23. The van der Waals surface area contributed by atoms with Crippen LogP contribution < -0.4 is 0 Å². The molecule has 2 heterocycles. The average molecular weight is 249 g/mol. The number of aliphatic imine (C=N–C) groups is 1. The molecule has 2 unspecified atom stereocenters. The molecule has 0 radical (unpaired) electrons. The lowest BCUT2D eigenvalue weighted by molar-refractivity contribution is 0.0159. The zero-order valence-electron chi connectivity index (χ0n) is 12.3. The summed E-state index contributed by atoms with van der Waals surface area (Å²) in [5.41, 5.74) is 0.270. The number of allylic oxidation sites excluding steroid dienone is 1. The summed E-state index contributed by atoms with van der Waals surface area (Å²) in [6, 6.07) is 1.02. The highest BCUT2D eigenvalue weighted by Gasteiger charge is 2.35. The second-order valence-electron chi connectivity index (χ2n) is 6.34. The molecule has 0 saturated carbocycles. The summed E-state index contributed by atoms with van der Waals surface area (Å²) >= 11 is 0. The molecule has 3 heteroatoms. The van der Waals surface area contributed by atoms with E-state index in [-0.39, 0.29) is 5.54 Å². The molecule has 0 aliphatic carbocycles. The first kappa shape index (κ1) is 13.8. The molecule has 102 valence electrons. The van der Waals surface area contributed by atoms with E-state index in [0.717, 1.165) is 19.5 Å². The monoisotopic (exact) mass is 249 g/mol. The van der Waals surface area contributed by atoms with Crippen molar-refractivity contribution in [3.63, 3.8) is 0 Å². The molecule has 1 saturated heterocycles. The molecule has 0 bridgehead atoms. The molecule has 2 atom stereocenters. The highest BCUT2D eigenvalue weighted by molar-refractivity contribution is 5.72. The zero-order valence-corrected chi connectivity index (χ0v) is 12.3. The summed E-state index contributed by atoms with van der Waals surface area (Å²) in [5.74, 6) is 0. The normalized spacial score (nSPS) is 30.9. The first-order valence-corrected chi connectivity index (χ1v) is 7.19. The highest BCUT2D eigenvalue weighted by Crippen LogP contribution is 2.24. The van der Waals surface area contributed by atoms with Crippen molar-refractivity contribution in [2.45, 2.75) is 51.7 Å². The number of dihydropyridines is 1. The van der Waals surface area contributed by atoms with Crippen molar-refractivity contribution in [2.24, 2.45) is 4.99 Å². The van der Waals surface area contributed by atoms with Crippen molar-refractivity contribution in [2.75, 3.05) is 26.2 Å². The van der Waals surface area contributed by atoms with Crippen LogP contribution in [0, 0.1) is 0 Å². The predicted octanol–water partition coefficient (Wildman–Crippen LogP) is 2.19. The second-order valence-corrected chi connectivity index (χ2v) is 6.34. The van der Waals surface area contributed by atoms with Gasteiger partial charge in [0.15, 0.2) is 0 Å². The van der Waals surface area contributed by atoms with E-state index in [9.17, 15) is 0 Å². The number of hydrogen-bond acceptors (Lipinski definition) is 3. The number of hydrogen-bond donors (Lipinski definition) is 0. The van der Waals surface area contributed by atoms with Gasteiger partial charge >= 0.3 is 0 Å². The summed E-state index contributed by atoms with van der Waals surface area (Å²) in [5, 5.41) is 0. The lowest BCUT2D eigenvalue weighted by Crippen LogP contribution is -2.61. The topological polar surface area (TPSA) is 18.8 Å². The summed E-state index contributed by atoms with van der Waals surface area (Å²) < 4.78 is 0. The molecule has 0 aromatic carbocycles. The Labute approximate surface area is 112 Å². The van der Waals surface area contributed by atoms with E-state index in [1.807, 2.05) is 6.21 Å². The van der Waals surface area contributed by atoms with Crippen LogP contribution in [0.1, 0.15) is 34.1 Å². The van der Waals surface area contributed by atoms with Gasteiger partial charge in [0.2, 0.25) is 0 Å². The van der Waals surface area contributed by atoms with Gasteiger partial charge in [0.1, 0.15) is 0 Å². The Morgan fingerprint density at radius 2 is 2.06 bits per heavy atom. The molecule has 2 rings (SSSR count). The van der Waals surface area contributed by atoms with Crippen molar-refractivity contribution in [3.05, 3.63) is 12.2 Å². The van der Waals surface area contributed by atoms with Crippen molar-refractivity contribution in [1.82, 2.24) is 9.80 Å². The lowest BCUT2D eigenvalue weighted by Gasteiger charge is -2.48. The van der Waals surface area contributed by atoms with E-state index in [1.54, 1.807) is 0 Å². The van der Waals surface area contributed by atoms with Crippen molar-refractivity contribution in [1.29, 1.82) is 0 Å². The number of nitrogens with zero attached hydrogens (tertiary/aromatic N) is 3. The average Bonchev–Trinajstić information content (AvgIpc) is 2.38. The van der Waals surface area contributed by atoms with Crippen LogP contribution in [0.5, 0.6) is 0 Å². The van der Waals surface area contributed by atoms with Gasteiger partial charge in [-0.2, -0.15) is 0 Å². The molecule has 2 aliphatic heterocycles. The van der Waals surface area contributed by atoms with E-state index in [0.29, 0.717) is 12.1 Å². The third kappa shape index (κ3) is 3.01. The van der Waals surface area contributed by atoms with Gasteiger partial charge in [-0.25, -0.2) is 0 Å². The zero-order chi connectivity index (χ0) is 13.2. The van der Waals surface area contributed by atoms with Crippen LogP contribution in [0.15, 0.2) is 17.1 Å². The van der Waals surface area contributed by atoms with E-state index in [2.05, 4.69) is 54.6 Å². The smallest absolute Gasteiger partial charge is 0.0701 e. The molecule has 0 N–H and O–H groups in total. The van der Waals surface area contributed by atoms with Crippen LogP contribution in [0.2, 0.25) is 0 Å². The van der Waals surface area contributed by atoms with Crippen LogP contribution >= 0.6 is 0 Å². The molecule has 1 fully saturated rings. The Bertz CT molecular complexity index is 327. The fourth-order valence-electron chi connectivity index (χ4n) is 2.97. The van der Waals surface area contributed by atoms with E-state index < -0.39 is 0 Å². The second kappa shape index (κ2) is 5.54. The fraction of sp³-hybridized carbons (Fsp3) is 0.800. The van der Waals surface area contributed by atoms with Gasteiger partial charge in [-0.1, -0.05) is 13.0 Å². The SMILES string of the molecule is CCN1CCN(C(C)(C)C)CC1C1CC=CC=N1. The minimum atomic E-state index is 0.270. The molecule has 0 aromatic heterocycles. The first-order valence-electron chi connectivity index (χ1n) is 7.19. The number of likely N-dealkylation sites (N-methyl/N-ethyl adjacent to an activating group) is 1. The van der Waals surface area contributed by atoms with Crippen molar-refractivity contribution < 1.29 is 0 Å². The summed E-state index contributed by atoms with van der Waals surface area (Å²) in [7, 11) is 0. The van der Waals surface area contributed by atoms with Gasteiger partial charge in [-0.3, -0.25) is 14.8 Å². The van der Waals surface area contributed by atoms with Crippen molar-refractivity contribution >= 4 is 6.21 Å². The molecular formula is C15H27N3. The molecule has 18 heavy (non-hydrogen) atoms. The number of piperazine rings is 1. The van der Waals surface area contributed by atoms with Gasteiger partial charge in [-0.05, 0) is 39.8 Å². The maximum Gasteiger partial charge on any atom is 0.0701 e. The quantitative estimate of drug-likeness (QED) is 0.747. The summed E-state index contributed by atoms with van der Waals surface area (Å²) in [4.78, 5) is 9.90. The van der Waals surface area contributed by atoms with Gasteiger partial charge < -0.3 is 0 Å².